The number of rotatable bonds is 1. The average molecular weight is 341 g/mol. The number of cyclic esters (lactones) is 1. The topological polar surface area (TPSA) is 63.6 Å². The number of hydrogen-bond donors (Lipinski definition) is 1. The second kappa shape index (κ2) is 4.58. The Morgan fingerprint density at radius 3 is 2.40 bits per heavy atom. The van der Waals surface area contributed by atoms with Crippen LogP contribution < -0.4 is 0 Å². The van der Waals surface area contributed by atoms with Gasteiger partial charge in [-0.2, -0.15) is 0 Å². The van der Waals surface area contributed by atoms with E-state index in [1.807, 2.05) is 0 Å². The van der Waals surface area contributed by atoms with Crippen molar-refractivity contribution in [1.82, 2.24) is 0 Å². The first-order valence-electron chi connectivity index (χ1n) is 6.33. The Kier molecular flexibility index (Phi) is 3.45. The lowest BCUT2D eigenvalue weighted by Gasteiger charge is -2.43. The van der Waals surface area contributed by atoms with Crippen LogP contribution in [0.4, 0.5) is 0 Å². The molecule has 1 fully saturated rings. The van der Waals surface area contributed by atoms with Gasteiger partial charge in [0.05, 0.1) is 5.41 Å². The third-order valence-electron chi connectivity index (χ3n) is 3.82. The van der Waals surface area contributed by atoms with Crippen molar-refractivity contribution in [3.63, 3.8) is 0 Å². The van der Waals surface area contributed by atoms with Gasteiger partial charge in [-0.15, -0.1) is 0 Å². The molecule has 0 saturated carbocycles. The number of esters is 1. The van der Waals surface area contributed by atoms with Crippen molar-refractivity contribution < 1.29 is 19.4 Å². The van der Waals surface area contributed by atoms with Gasteiger partial charge in [-0.05, 0) is 45.9 Å². The van der Waals surface area contributed by atoms with Crippen molar-refractivity contribution in [3.8, 4) is 5.75 Å². The summed E-state index contributed by atoms with van der Waals surface area (Å²) in [6, 6.07) is 4.86. The maximum Gasteiger partial charge on any atom is 0.319 e. The molecule has 0 unspecified atom stereocenters. The maximum absolute atomic E-state index is 12.6. The van der Waals surface area contributed by atoms with Crippen molar-refractivity contribution in [2.24, 2.45) is 10.8 Å². The fourth-order valence-electron chi connectivity index (χ4n) is 2.61. The third-order valence-corrected chi connectivity index (χ3v) is 4.31. The van der Waals surface area contributed by atoms with E-state index in [0.29, 0.717) is 5.56 Å². The highest BCUT2D eigenvalue weighted by molar-refractivity contribution is 9.10. The van der Waals surface area contributed by atoms with Gasteiger partial charge in [-0.3, -0.25) is 9.59 Å². The molecule has 108 valence electrons. The number of ketones is 1. The fraction of sp³-hybridized carbons (Fsp3) is 0.467. The van der Waals surface area contributed by atoms with Crippen LogP contribution in [0, 0.1) is 10.8 Å². The highest BCUT2D eigenvalue weighted by Crippen LogP contribution is 2.49. The molecule has 20 heavy (non-hydrogen) atoms. The molecule has 0 spiro atoms. The van der Waals surface area contributed by atoms with Crippen LogP contribution in [-0.4, -0.2) is 16.9 Å². The second-order valence-electron chi connectivity index (χ2n) is 6.16. The minimum absolute atomic E-state index is 0.00609. The van der Waals surface area contributed by atoms with E-state index in [2.05, 4.69) is 15.9 Å². The van der Waals surface area contributed by atoms with Crippen molar-refractivity contribution in [1.29, 1.82) is 0 Å². The van der Waals surface area contributed by atoms with E-state index in [1.54, 1.807) is 39.8 Å². The Morgan fingerprint density at radius 2 is 1.80 bits per heavy atom. The lowest BCUT2D eigenvalue weighted by molar-refractivity contribution is -0.186. The van der Waals surface area contributed by atoms with Crippen LogP contribution in [0.15, 0.2) is 22.7 Å². The van der Waals surface area contributed by atoms with Crippen molar-refractivity contribution in [2.75, 3.05) is 0 Å². The molecule has 1 aliphatic rings. The molecule has 0 amide bonds. The molecule has 0 aliphatic carbocycles. The zero-order valence-electron chi connectivity index (χ0n) is 11.9. The standard InChI is InChI=1S/C15H17BrO4/c1-14(2)11(9-7-8(16)5-6-10(9)17)20-13(19)15(3,4)12(14)18/h5-7,11,17H,1-4H3/t11-/m0/s1. The number of phenols is 1. The van der Waals surface area contributed by atoms with E-state index in [0.717, 1.165) is 4.47 Å². The summed E-state index contributed by atoms with van der Waals surface area (Å²) in [5, 5.41) is 10.00. The molecule has 5 heteroatoms. The summed E-state index contributed by atoms with van der Waals surface area (Å²) in [6.07, 6.45) is -0.798. The monoisotopic (exact) mass is 340 g/mol. The van der Waals surface area contributed by atoms with E-state index < -0.39 is 22.9 Å². The summed E-state index contributed by atoms with van der Waals surface area (Å²) in [5.74, 6) is -0.747. The van der Waals surface area contributed by atoms with E-state index in [1.165, 1.54) is 6.07 Å². The van der Waals surface area contributed by atoms with Gasteiger partial charge in [0, 0.05) is 10.0 Å². The van der Waals surface area contributed by atoms with Crippen LogP contribution >= 0.6 is 15.9 Å². The molecule has 1 atom stereocenters. The van der Waals surface area contributed by atoms with E-state index in [9.17, 15) is 14.7 Å². The summed E-state index contributed by atoms with van der Waals surface area (Å²) in [7, 11) is 0. The van der Waals surface area contributed by atoms with E-state index in [-0.39, 0.29) is 11.5 Å². The quantitative estimate of drug-likeness (QED) is 0.628. The lowest BCUT2D eigenvalue weighted by atomic mass is 9.67. The van der Waals surface area contributed by atoms with Crippen LogP contribution in [0.3, 0.4) is 0 Å². The number of aromatic hydroxyl groups is 1. The van der Waals surface area contributed by atoms with Crippen LogP contribution in [0.2, 0.25) is 0 Å². The van der Waals surface area contributed by atoms with Gasteiger partial charge in [0.25, 0.3) is 0 Å². The first-order chi connectivity index (χ1) is 9.08. The molecule has 4 nitrogen and oxygen atoms in total. The molecule has 2 rings (SSSR count). The highest BCUT2D eigenvalue weighted by Gasteiger charge is 2.56. The largest absolute Gasteiger partial charge is 0.508 e. The molecule has 0 radical (unpaired) electrons. The summed E-state index contributed by atoms with van der Waals surface area (Å²) in [4.78, 5) is 24.6. The maximum atomic E-state index is 12.6. The molecule has 1 aromatic rings. The van der Waals surface area contributed by atoms with Gasteiger partial charge in [-0.1, -0.05) is 15.9 Å². The summed E-state index contributed by atoms with van der Waals surface area (Å²) in [5.41, 5.74) is -1.64. The van der Waals surface area contributed by atoms with Crippen LogP contribution in [0.25, 0.3) is 0 Å². The molecule has 1 N–H and O–H groups in total. The smallest absolute Gasteiger partial charge is 0.319 e. The van der Waals surface area contributed by atoms with Crippen molar-refractivity contribution in [3.05, 3.63) is 28.2 Å². The molecule has 0 aromatic heterocycles. The van der Waals surface area contributed by atoms with Gasteiger partial charge in [0.2, 0.25) is 0 Å². The minimum Gasteiger partial charge on any atom is -0.508 e. The average Bonchev–Trinajstić information content (AvgIpc) is 2.36. The minimum atomic E-state index is -1.17. The Labute approximate surface area is 126 Å². The predicted octanol–water partition coefficient (Wildman–Crippen LogP) is 3.37. The molecule has 1 aliphatic heterocycles. The third kappa shape index (κ3) is 2.14. The first kappa shape index (κ1) is 15.0. The molecule has 0 bridgehead atoms. The number of halogens is 1. The van der Waals surface area contributed by atoms with E-state index >= 15 is 0 Å². The summed E-state index contributed by atoms with van der Waals surface area (Å²) < 4.78 is 6.21. The number of phenolic OH excluding ortho intramolecular Hbond substituents is 1. The van der Waals surface area contributed by atoms with Gasteiger partial charge >= 0.3 is 5.97 Å². The Balaban J connectivity index is 2.55. The number of ether oxygens (including phenoxy) is 1. The Bertz CT molecular complexity index is 590. The summed E-state index contributed by atoms with van der Waals surface area (Å²) in [6.45, 7) is 6.59. The molecule has 1 aromatic carbocycles. The number of benzene rings is 1. The fourth-order valence-corrected chi connectivity index (χ4v) is 2.99. The van der Waals surface area contributed by atoms with Crippen molar-refractivity contribution in [2.45, 2.75) is 33.8 Å². The zero-order valence-corrected chi connectivity index (χ0v) is 13.4. The first-order valence-corrected chi connectivity index (χ1v) is 7.12. The zero-order chi connectivity index (χ0) is 15.3. The lowest BCUT2D eigenvalue weighted by Crippen LogP contribution is -2.52. The number of carbonyl (C=O) groups excluding carboxylic acids is 2. The number of hydrogen-bond acceptors (Lipinski definition) is 4. The normalized spacial score (nSPS) is 24.4. The van der Waals surface area contributed by atoms with Crippen LogP contribution in [0.1, 0.15) is 39.4 Å². The van der Waals surface area contributed by atoms with Gasteiger partial charge < -0.3 is 9.84 Å². The van der Waals surface area contributed by atoms with Gasteiger partial charge in [0.15, 0.2) is 5.78 Å². The Hall–Kier alpha value is -1.36. The SMILES string of the molecule is CC1(C)C(=O)O[C@@H](c2cc(Br)ccc2O)C(C)(C)C1=O. The molecule has 1 heterocycles. The summed E-state index contributed by atoms with van der Waals surface area (Å²) >= 11 is 3.32. The number of carbonyl (C=O) groups is 2. The van der Waals surface area contributed by atoms with Gasteiger partial charge in [-0.25, -0.2) is 0 Å². The molecular weight excluding hydrogens is 324 g/mol. The van der Waals surface area contributed by atoms with Crippen molar-refractivity contribution >= 4 is 27.7 Å². The van der Waals surface area contributed by atoms with Gasteiger partial charge in [0.1, 0.15) is 17.3 Å². The predicted molar refractivity (Wildman–Crippen MR) is 77.2 cm³/mol. The second-order valence-corrected chi connectivity index (χ2v) is 7.08. The van der Waals surface area contributed by atoms with Crippen LogP contribution in [-0.2, 0) is 14.3 Å². The number of Topliss-reactive ketones (excluding diaryl/α,β-unsaturated/α-hetero) is 1. The van der Waals surface area contributed by atoms with E-state index in [4.69, 9.17) is 4.74 Å². The van der Waals surface area contributed by atoms with Crippen LogP contribution in [0.5, 0.6) is 5.75 Å². The molecular formula is C15H17BrO4. The highest BCUT2D eigenvalue weighted by atomic mass is 79.9. The molecule has 1 saturated heterocycles. The Morgan fingerprint density at radius 1 is 1.20 bits per heavy atom.